The fourth-order valence-corrected chi connectivity index (χ4v) is 2.99. The summed E-state index contributed by atoms with van der Waals surface area (Å²) in [4.78, 5) is 13.2. The Bertz CT molecular complexity index is 407. The average molecular weight is 282 g/mol. The molecule has 19 heavy (non-hydrogen) atoms. The molecule has 3 nitrogen and oxygen atoms in total. The molecule has 1 unspecified atom stereocenters. The number of nitrogens with zero attached hydrogens (tertiary/aromatic N) is 2. The summed E-state index contributed by atoms with van der Waals surface area (Å²) in [6.45, 7) is 10.6. The zero-order chi connectivity index (χ0) is 14.5. The van der Waals surface area contributed by atoms with Crippen LogP contribution in [0.3, 0.4) is 0 Å². The van der Waals surface area contributed by atoms with Crippen LogP contribution in [0.1, 0.15) is 82.1 Å². The van der Waals surface area contributed by atoms with Gasteiger partial charge in [0.05, 0.1) is 5.69 Å². The monoisotopic (exact) mass is 282 g/mol. The van der Waals surface area contributed by atoms with Crippen LogP contribution >= 0.6 is 11.5 Å². The molecule has 0 spiro atoms. The van der Waals surface area contributed by atoms with Crippen LogP contribution < -0.4 is 0 Å². The quantitative estimate of drug-likeness (QED) is 0.685. The number of rotatable bonds is 7. The van der Waals surface area contributed by atoms with Gasteiger partial charge in [-0.05, 0) is 17.5 Å². The Morgan fingerprint density at radius 2 is 2.00 bits per heavy atom. The van der Waals surface area contributed by atoms with E-state index in [1.807, 2.05) is 0 Å². The maximum atomic E-state index is 12.4. The van der Waals surface area contributed by atoms with E-state index >= 15 is 0 Å². The van der Waals surface area contributed by atoms with Gasteiger partial charge in [0.15, 0.2) is 5.78 Å². The van der Waals surface area contributed by atoms with E-state index in [4.69, 9.17) is 0 Å². The topological polar surface area (TPSA) is 42.9 Å². The molecule has 0 bridgehead atoms. The third kappa shape index (κ3) is 4.68. The van der Waals surface area contributed by atoms with Gasteiger partial charge in [-0.3, -0.25) is 4.79 Å². The van der Waals surface area contributed by atoms with Crippen molar-refractivity contribution in [2.45, 2.75) is 72.1 Å². The molecule has 1 heterocycles. The highest BCUT2D eigenvalue weighted by Gasteiger charge is 2.27. The van der Waals surface area contributed by atoms with Crippen LogP contribution in [0.25, 0.3) is 0 Å². The van der Waals surface area contributed by atoms with Crippen molar-refractivity contribution in [2.75, 3.05) is 0 Å². The van der Waals surface area contributed by atoms with Gasteiger partial charge < -0.3 is 0 Å². The van der Waals surface area contributed by atoms with E-state index in [-0.39, 0.29) is 11.2 Å². The van der Waals surface area contributed by atoms with Crippen molar-refractivity contribution in [3.63, 3.8) is 0 Å². The highest BCUT2D eigenvalue weighted by Crippen LogP contribution is 2.28. The normalized spacial score (nSPS) is 13.5. The smallest absolute Gasteiger partial charge is 0.176 e. The highest BCUT2D eigenvalue weighted by molar-refractivity contribution is 7.08. The van der Waals surface area contributed by atoms with Crippen molar-refractivity contribution < 1.29 is 4.79 Å². The second kappa shape index (κ2) is 7.13. The first-order valence-electron chi connectivity index (χ1n) is 7.26. The fraction of sp³-hybridized carbons (Fsp3) is 0.800. The highest BCUT2D eigenvalue weighted by atomic mass is 32.1. The number of unbranched alkanes of at least 4 members (excludes halogenated alkanes) is 1. The van der Waals surface area contributed by atoms with Crippen molar-refractivity contribution in [3.05, 3.63) is 10.6 Å². The third-order valence-electron chi connectivity index (χ3n) is 3.47. The zero-order valence-corrected chi connectivity index (χ0v) is 13.6. The lowest BCUT2D eigenvalue weighted by molar-refractivity contribution is 0.0958. The van der Waals surface area contributed by atoms with Gasteiger partial charge in [0.25, 0.3) is 0 Å². The first kappa shape index (κ1) is 16.3. The lowest BCUT2D eigenvalue weighted by atomic mass is 9.88. The minimum atomic E-state index is -0.108. The molecule has 0 aliphatic heterocycles. The van der Waals surface area contributed by atoms with Crippen LogP contribution in [0.15, 0.2) is 0 Å². The molecule has 1 aromatic heterocycles. The van der Waals surface area contributed by atoms with E-state index < -0.39 is 0 Å². The van der Waals surface area contributed by atoms with Crippen LogP contribution in [-0.4, -0.2) is 15.4 Å². The van der Waals surface area contributed by atoms with Crippen molar-refractivity contribution in [2.24, 2.45) is 5.92 Å². The third-order valence-corrected chi connectivity index (χ3v) is 4.24. The fourth-order valence-electron chi connectivity index (χ4n) is 2.16. The molecule has 0 saturated heterocycles. The lowest BCUT2D eigenvalue weighted by Gasteiger charge is -2.17. The standard InChI is InChI=1S/C15H26N2OS/c1-6-8-9-11(7-2)10-12(18)13-14(15(3,4)5)16-17-19-13/h11H,6-10H2,1-5H3. The molecule has 108 valence electrons. The summed E-state index contributed by atoms with van der Waals surface area (Å²) in [6.07, 6.45) is 5.26. The van der Waals surface area contributed by atoms with Gasteiger partial charge >= 0.3 is 0 Å². The maximum Gasteiger partial charge on any atom is 0.176 e. The molecule has 0 radical (unpaired) electrons. The predicted molar refractivity (Wildman–Crippen MR) is 80.9 cm³/mol. The maximum absolute atomic E-state index is 12.4. The average Bonchev–Trinajstić information content (AvgIpc) is 2.83. The van der Waals surface area contributed by atoms with Gasteiger partial charge in [-0.25, -0.2) is 0 Å². The number of carbonyl (C=O) groups is 1. The minimum absolute atomic E-state index is 0.108. The van der Waals surface area contributed by atoms with E-state index in [9.17, 15) is 4.79 Å². The lowest BCUT2D eigenvalue weighted by Crippen LogP contribution is -2.17. The summed E-state index contributed by atoms with van der Waals surface area (Å²) >= 11 is 1.25. The summed E-state index contributed by atoms with van der Waals surface area (Å²) in [7, 11) is 0. The van der Waals surface area contributed by atoms with Crippen molar-refractivity contribution in [1.29, 1.82) is 0 Å². The Kier molecular flexibility index (Phi) is 6.11. The number of ketones is 1. The van der Waals surface area contributed by atoms with Crippen LogP contribution in [0, 0.1) is 5.92 Å². The van der Waals surface area contributed by atoms with Gasteiger partial charge in [-0.2, -0.15) is 0 Å². The van der Waals surface area contributed by atoms with E-state index in [0.29, 0.717) is 12.3 Å². The van der Waals surface area contributed by atoms with Gasteiger partial charge in [0.2, 0.25) is 0 Å². The summed E-state index contributed by atoms with van der Waals surface area (Å²) in [6, 6.07) is 0. The first-order chi connectivity index (χ1) is 8.90. The number of hydrogen-bond donors (Lipinski definition) is 0. The molecule has 0 amide bonds. The molecule has 1 aromatic rings. The molecule has 0 saturated carbocycles. The molecular formula is C15H26N2OS. The molecule has 1 rings (SSSR count). The SMILES string of the molecule is CCCCC(CC)CC(=O)c1snnc1C(C)(C)C. The van der Waals surface area contributed by atoms with Crippen molar-refractivity contribution in [1.82, 2.24) is 9.59 Å². The van der Waals surface area contributed by atoms with Crippen LogP contribution in [0.4, 0.5) is 0 Å². The summed E-state index contributed by atoms with van der Waals surface area (Å²) in [5.41, 5.74) is 0.746. The van der Waals surface area contributed by atoms with Gasteiger partial charge in [-0.1, -0.05) is 64.8 Å². The van der Waals surface area contributed by atoms with Gasteiger partial charge in [-0.15, -0.1) is 5.10 Å². The Morgan fingerprint density at radius 3 is 2.53 bits per heavy atom. The molecule has 0 aliphatic rings. The van der Waals surface area contributed by atoms with Crippen molar-refractivity contribution in [3.8, 4) is 0 Å². The van der Waals surface area contributed by atoms with E-state index in [1.165, 1.54) is 24.4 Å². The van der Waals surface area contributed by atoms with E-state index in [2.05, 4.69) is 44.2 Å². The Hall–Kier alpha value is -0.770. The summed E-state index contributed by atoms with van der Waals surface area (Å²) in [5, 5.41) is 4.15. The molecule has 0 N–H and O–H groups in total. The second-order valence-corrected chi connectivity index (χ2v) is 7.00. The predicted octanol–water partition coefficient (Wildman–Crippen LogP) is 4.62. The minimum Gasteiger partial charge on any atom is -0.293 e. The number of aromatic nitrogens is 2. The second-order valence-electron chi connectivity index (χ2n) is 6.24. The van der Waals surface area contributed by atoms with Gasteiger partial charge in [0, 0.05) is 11.8 Å². The number of carbonyl (C=O) groups excluding carboxylic acids is 1. The van der Waals surface area contributed by atoms with Gasteiger partial charge in [0.1, 0.15) is 4.88 Å². The molecule has 0 aliphatic carbocycles. The van der Waals surface area contributed by atoms with E-state index in [1.54, 1.807) is 0 Å². The van der Waals surface area contributed by atoms with Crippen LogP contribution in [0.2, 0.25) is 0 Å². The Balaban J connectivity index is 2.75. The Morgan fingerprint density at radius 1 is 1.32 bits per heavy atom. The molecule has 4 heteroatoms. The summed E-state index contributed by atoms with van der Waals surface area (Å²) < 4.78 is 3.98. The van der Waals surface area contributed by atoms with E-state index in [0.717, 1.165) is 23.4 Å². The summed E-state index contributed by atoms with van der Waals surface area (Å²) in [5.74, 6) is 0.727. The largest absolute Gasteiger partial charge is 0.293 e. The molecule has 0 fully saturated rings. The van der Waals surface area contributed by atoms with Crippen LogP contribution in [0.5, 0.6) is 0 Å². The Labute approximate surface area is 121 Å². The van der Waals surface area contributed by atoms with Crippen molar-refractivity contribution >= 4 is 17.3 Å². The first-order valence-corrected chi connectivity index (χ1v) is 8.03. The number of Topliss-reactive ketones (excluding diaryl/α,β-unsaturated/α-hetero) is 1. The number of hydrogen-bond acceptors (Lipinski definition) is 4. The molecule has 1 atom stereocenters. The van der Waals surface area contributed by atoms with Crippen LogP contribution in [-0.2, 0) is 5.41 Å². The molecule has 0 aromatic carbocycles. The zero-order valence-electron chi connectivity index (χ0n) is 12.8. The molecular weight excluding hydrogens is 256 g/mol.